The second-order valence-corrected chi connectivity index (χ2v) is 3.10. The molecular weight excluding hydrogens is 172 g/mol. The summed E-state index contributed by atoms with van der Waals surface area (Å²) in [5, 5.41) is 22.0. The molecule has 2 heterocycles. The Labute approximate surface area is 74.3 Å². The molecule has 3 N–H and O–H groups in total. The molecule has 0 saturated carbocycles. The average molecular weight is 182 g/mol. The lowest BCUT2D eigenvalue weighted by Gasteiger charge is -2.10. The maximum absolute atomic E-state index is 10.8. The van der Waals surface area contributed by atoms with Crippen LogP contribution in [0.25, 0.3) is 0 Å². The molecule has 0 aromatic carbocycles. The Hall–Kier alpha value is -1.43. The molecule has 0 aliphatic carbocycles. The first-order valence-corrected chi connectivity index (χ1v) is 4.08. The van der Waals surface area contributed by atoms with Crippen molar-refractivity contribution in [1.82, 2.24) is 20.7 Å². The van der Waals surface area contributed by atoms with Gasteiger partial charge in [0.05, 0.1) is 17.8 Å². The molecule has 1 aromatic heterocycles. The fourth-order valence-electron chi connectivity index (χ4n) is 1.64. The largest absolute Gasteiger partial charge is 0.481 e. The number of nitrogens with one attached hydrogen (secondary N) is 2. The summed E-state index contributed by atoms with van der Waals surface area (Å²) in [5.41, 5.74) is 0.720. The zero-order valence-electron chi connectivity index (χ0n) is 6.90. The molecule has 2 unspecified atom stereocenters. The number of carboxylic acids is 1. The minimum atomic E-state index is -0.780. The Bertz CT molecular complexity index is 297. The number of carboxylic acid groups (broad SMARTS) is 1. The third-order valence-corrected chi connectivity index (χ3v) is 2.34. The molecule has 1 saturated heterocycles. The van der Waals surface area contributed by atoms with Gasteiger partial charge in [-0.2, -0.15) is 15.4 Å². The van der Waals surface area contributed by atoms with Crippen molar-refractivity contribution < 1.29 is 9.90 Å². The van der Waals surface area contributed by atoms with Crippen molar-refractivity contribution in [1.29, 1.82) is 0 Å². The predicted molar refractivity (Wildman–Crippen MR) is 43.1 cm³/mol. The van der Waals surface area contributed by atoms with Crippen molar-refractivity contribution in [3.63, 3.8) is 0 Å². The summed E-state index contributed by atoms with van der Waals surface area (Å²) in [6, 6.07) is 0. The number of hydrogen-bond acceptors (Lipinski definition) is 4. The van der Waals surface area contributed by atoms with Gasteiger partial charge in [0.1, 0.15) is 0 Å². The van der Waals surface area contributed by atoms with E-state index in [9.17, 15) is 4.79 Å². The summed E-state index contributed by atoms with van der Waals surface area (Å²) in [6.45, 7) is 1.16. The molecule has 2 rings (SSSR count). The Morgan fingerprint density at radius 2 is 2.46 bits per heavy atom. The van der Waals surface area contributed by atoms with Crippen LogP contribution >= 0.6 is 0 Å². The molecule has 0 bridgehead atoms. The fraction of sp³-hybridized carbons (Fsp3) is 0.571. The normalized spacial score (nSPS) is 27.7. The lowest BCUT2D eigenvalue weighted by Crippen LogP contribution is -2.21. The molecule has 70 valence electrons. The Morgan fingerprint density at radius 1 is 1.62 bits per heavy atom. The average Bonchev–Trinajstić information content (AvgIpc) is 2.74. The summed E-state index contributed by atoms with van der Waals surface area (Å²) in [4.78, 5) is 10.8. The van der Waals surface area contributed by atoms with Crippen molar-refractivity contribution in [2.45, 2.75) is 5.92 Å². The van der Waals surface area contributed by atoms with Gasteiger partial charge in [-0.1, -0.05) is 0 Å². The van der Waals surface area contributed by atoms with Crippen LogP contribution in [0.1, 0.15) is 11.6 Å². The van der Waals surface area contributed by atoms with Crippen LogP contribution in [-0.2, 0) is 4.79 Å². The number of carbonyl (C=O) groups is 1. The summed E-state index contributed by atoms with van der Waals surface area (Å²) in [6.07, 6.45) is 1.58. The first-order chi connectivity index (χ1) is 6.29. The van der Waals surface area contributed by atoms with E-state index in [-0.39, 0.29) is 11.8 Å². The van der Waals surface area contributed by atoms with Crippen LogP contribution in [-0.4, -0.2) is 39.6 Å². The van der Waals surface area contributed by atoms with Crippen LogP contribution in [0.5, 0.6) is 0 Å². The molecule has 0 spiro atoms. The van der Waals surface area contributed by atoms with Crippen LogP contribution in [0.4, 0.5) is 0 Å². The summed E-state index contributed by atoms with van der Waals surface area (Å²) >= 11 is 0. The zero-order valence-corrected chi connectivity index (χ0v) is 6.90. The SMILES string of the molecule is O=C(O)C1CNCC1c1cn[nH]n1. The van der Waals surface area contributed by atoms with Crippen LogP contribution in [0.3, 0.4) is 0 Å². The van der Waals surface area contributed by atoms with Gasteiger partial charge in [-0.25, -0.2) is 0 Å². The predicted octanol–water partition coefficient (Wildman–Crippen LogP) is -0.808. The maximum Gasteiger partial charge on any atom is 0.308 e. The summed E-state index contributed by atoms with van der Waals surface area (Å²) in [5.74, 6) is -1.22. The van der Waals surface area contributed by atoms with Crippen molar-refractivity contribution in [3.05, 3.63) is 11.9 Å². The fourth-order valence-corrected chi connectivity index (χ4v) is 1.64. The molecule has 1 fully saturated rings. The van der Waals surface area contributed by atoms with Crippen molar-refractivity contribution in [2.75, 3.05) is 13.1 Å². The van der Waals surface area contributed by atoms with Crippen molar-refractivity contribution >= 4 is 5.97 Å². The van der Waals surface area contributed by atoms with Crippen molar-refractivity contribution in [2.24, 2.45) is 5.92 Å². The van der Waals surface area contributed by atoms with E-state index in [1.165, 1.54) is 0 Å². The Balaban J connectivity index is 2.19. The minimum Gasteiger partial charge on any atom is -0.481 e. The van der Waals surface area contributed by atoms with E-state index in [4.69, 9.17) is 5.11 Å². The number of nitrogens with zero attached hydrogens (tertiary/aromatic N) is 2. The third kappa shape index (κ3) is 1.40. The number of aliphatic carboxylic acids is 1. The number of aromatic nitrogens is 3. The molecule has 2 atom stereocenters. The number of aromatic amines is 1. The molecule has 6 heteroatoms. The topological polar surface area (TPSA) is 90.9 Å². The zero-order chi connectivity index (χ0) is 9.26. The van der Waals surface area contributed by atoms with E-state index in [1.54, 1.807) is 6.20 Å². The molecule has 6 nitrogen and oxygen atoms in total. The minimum absolute atomic E-state index is 0.0590. The van der Waals surface area contributed by atoms with Gasteiger partial charge in [0.15, 0.2) is 0 Å². The quantitative estimate of drug-likeness (QED) is 0.556. The highest BCUT2D eigenvalue weighted by molar-refractivity contribution is 5.72. The van der Waals surface area contributed by atoms with Crippen molar-refractivity contribution in [3.8, 4) is 0 Å². The molecular formula is C7H10N4O2. The van der Waals surface area contributed by atoms with Gasteiger partial charge in [-0.3, -0.25) is 4.79 Å². The first-order valence-electron chi connectivity index (χ1n) is 4.08. The van der Waals surface area contributed by atoms with E-state index in [1.807, 2.05) is 0 Å². The van der Waals surface area contributed by atoms with E-state index >= 15 is 0 Å². The Morgan fingerprint density at radius 3 is 3.08 bits per heavy atom. The lowest BCUT2D eigenvalue weighted by atomic mass is 9.94. The van der Waals surface area contributed by atoms with Gasteiger partial charge >= 0.3 is 5.97 Å². The maximum atomic E-state index is 10.8. The second-order valence-electron chi connectivity index (χ2n) is 3.10. The molecule has 1 aliphatic rings. The van der Waals surface area contributed by atoms with Crippen LogP contribution in [0.2, 0.25) is 0 Å². The molecule has 13 heavy (non-hydrogen) atoms. The molecule has 0 radical (unpaired) electrons. The second kappa shape index (κ2) is 3.14. The number of rotatable bonds is 2. The number of H-pyrrole nitrogens is 1. The van der Waals surface area contributed by atoms with Gasteiger partial charge in [0.2, 0.25) is 0 Å². The highest BCUT2D eigenvalue weighted by Crippen LogP contribution is 2.25. The molecule has 0 amide bonds. The van der Waals surface area contributed by atoms with Crippen LogP contribution in [0.15, 0.2) is 6.20 Å². The van der Waals surface area contributed by atoms with Gasteiger partial charge in [-0.15, -0.1) is 0 Å². The standard InChI is InChI=1S/C7H10N4O2/c12-7(13)5-2-8-1-4(5)6-3-9-11-10-6/h3-5,8H,1-2H2,(H,12,13)(H,9,10,11). The van der Waals surface area contributed by atoms with Gasteiger partial charge in [-0.05, 0) is 0 Å². The van der Waals surface area contributed by atoms with E-state index in [0.717, 1.165) is 5.69 Å². The van der Waals surface area contributed by atoms with E-state index in [2.05, 4.69) is 20.7 Å². The third-order valence-electron chi connectivity index (χ3n) is 2.34. The number of hydrogen-bond donors (Lipinski definition) is 3. The first kappa shape index (κ1) is 8.18. The van der Waals surface area contributed by atoms with E-state index in [0.29, 0.717) is 13.1 Å². The summed E-state index contributed by atoms with van der Waals surface area (Å²) < 4.78 is 0. The van der Waals surface area contributed by atoms with Gasteiger partial charge in [0, 0.05) is 19.0 Å². The molecule has 1 aliphatic heterocycles. The van der Waals surface area contributed by atoms with Crippen LogP contribution < -0.4 is 5.32 Å². The smallest absolute Gasteiger partial charge is 0.308 e. The van der Waals surface area contributed by atoms with Crippen LogP contribution in [0, 0.1) is 5.92 Å². The monoisotopic (exact) mass is 182 g/mol. The highest BCUT2D eigenvalue weighted by Gasteiger charge is 2.35. The van der Waals surface area contributed by atoms with Gasteiger partial charge < -0.3 is 10.4 Å². The lowest BCUT2D eigenvalue weighted by molar-refractivity contribution is -0.141. The molecule has 1 aromatic rings. The summed E-state index contributed by atoms with van der Waals surface area (Å²) in [7, 11) is 0. The Kier molecular flexibility index (Phi) is 1.97. The van der Waals surface area contributed by atoms with Gasteiger partial charge in [0.25, 0.3) is 0 Å². The highest BCUT2D eigenvalue weighted by atomic mass is 16.4. The van der Waals surface area contributed by atoms with E-state index < -0.39 is 5.97 Å².